The average Bonchev–Trinajstić information content (AvgIpc) is 3.22. The topological polar surface area (TPSA) is 93.5 Å². The van der Waals surface area contributed by atoms with E-state index < -0.39 is 17.4 Å². The first kappa shape index (κ1) is 24.2. The fraction of sp³-hybridized carbons (Fsp3) is 0.333. The predicted molar refractivity (Wildman–Crippen MR) is 132 cm³/mol. The molecule has 1 aliphatic rings. The highest BCUT2D eigenvalue weighted by Crippen LogP contribution is 2.34. The highest BCUT2D eigenvalue weighted by Gasteiger charge is 2.49. The van der Waals surface area contributed by atoms with E-state index in [1.807, 2.05) is 63.2 Å². The van der Waals surface area contributed by atoms with Gasteiger partial charge in [-0.1, -0.05) is 35.9 Å². The van der Waals surface area contributed by atoms with Crippen LogP contribution >= 0.6 is 0 Å². The van der Waals surface area contributed by atoms with E-state index >= 15 is 0 Å². The molecular weight excluding hydrogens is 444 g/mol. The summed E-state index contributed by atoms with van der Waals surface area (Å²) in [6, 6.07) is 15.1. The number of carbonyl (C=O) groups excluding carboxylic acids is 3. The number of anilines is 1. The Morgan fingerprint density at radius 3 is 2.31 bits per heavy atom. The zero-order chi connectivity index (χ0) is 25.3. The Hall–Kier alpha value is -3.94. The monoisotopic (exact) mass is 474 g/mol. The number of esters is 1. The lowest BCUT2D eigenvalue weighted by Crippen LogP contribution is -2.64. The first-order valence-corrected chi connectivity index (χ1v) is 11.6. The summed E-state index contributed by atoms with van der Waals surface area (Å²) in [5, 5.41) is 7.30. The maximum Gasteiger partial charge on any atom is 0.358 e. The number of benzene rings is 2. The van der Waals surface area contributed by atoms with Crippen molar-refractivity contribution in [2.75, 3.05) is 11.5 Å². The van der Waals surface area contributed by atoms with Crippen molar-refractivity contribution in [1.29, 1.82) is 0 Å². The Bertz CT molecular complexity index is 1270. The van der Waals surface area contributed by atoms with Gasteiger partial charge in [0.25, 0.3) is 5.91 Å². The van der Waals surface area contributed by atoms with Crippen LogP contribution in [0.1, 0.15) is 57.1 Å². The molecule has 0 radical (unpaired) electrons. The number of aryl methyl sites for hydroxylation is 3. The summed E-state index contributed by atoms with van der Waals surface area (Å²) in [5.41, 5.74) is 3.64. The van der Waals surface area contributed by atoms with Gasteiger partial charge in [-0.05, 0) is 63.4 Å². The summed E-state index contributed by atoms with van der Waals surface area (Å²) in [5.74, 6) is -1.33. The van der Waals surface area contributed by atoms with Gasteiger partial charge in [0, 0.05) is 18.3 Å². The molecule has 0 bridgehead atoms. The number of rotatable bonds is 6. The number of hydrogen-bond donors (Lipinski definition) is 1. The summed E-state index contributed by atoms with van der Waals surface area (Å²) in [6.07, 6.45) is 0. The molecule has 1 atom stereocenters. The third kappa shape index (κ3) is 4.69. The van der Waals surface area contributed by atoms with Gasteiger partial charge >= 0.3 is 5.97 Å². The Morgan fingerprint density at radius 2 is 1.69 bits per heavy atom. The van der Waals surface area contributed by atoms with Crippen LogP contribution in [0.15, 0.2) is 48.5 Å². The van der Waals surface area contributed by atoms with E-state index in [9.17, 15) is 14.4 Å². The Kier molecular flexibility index (Phi) is 6.47. The number of amides is 2. The smallest absolute Gasteiger partial charge is 0.358 e. The van der Waals surface area contributed by atoms with Gasteiger partial charge in [0.2, 0.25) is 5.91 Å². The van der Waals surface area contributed by atoms with Crippen molar-refractivity contribution in [2.24, 2.45) is 0 Å². The second kappa shape index (κ2) is 9.37. The average molecular weight is 475 g/mol. The molecule has 35 heavy (non-hydrogen) atoms. The van der Waals surface area contributed by atoms with Crippen LogP contribution in [-0.2, 0) is 22.6 Å². The molecule has 4 rings (SSSR count). The van der Waals surface area contributed by atoms with Gasteiger partial charge in [0.05, 0.1) is 13.2 Å². The Labute approximate surface area is 204 Å². The molecule has 0 fully saturated rings. The van der Waals surface area contributed by atoms with Crippen molar-refractivity contribution in [3.8, 4) is 0 Å². The molecule has 8 nitrogen and oxygen atoms in total. The number of nitrogens with zero attached hydrogens (tertiary/aromatic N) is 3. The largest absolute Gasteiger partial charge is 0.461 e. The van der Waals surface area contributed by atoms with Gasteiger partial charge < -0.3 is 10.1 Å². The normalized spacial score (nSPS) is 17.2. The molecule has 0 spiro atoms. The first-order chi connectivity index (χ1) is 16.6. The molecule has 0 aliphatic carbocycles. The van der Waals surface area contributed by atoms with Gasteiger partial charge in [-0.25, -0.2) is 4.79 Å². The molecular formula is C27H30N4O4. The van der Waals surface area contributed by atoms with Gasteiger partial charge in [0.15, 0.2) is 5.69 Å². The first-order valence-electron chi connectivity index (χ1n) is 11.6. The minimum absolute atomic E-state index is 0.0416. The molecule has 182 valence electrons. The standard InChI is InChI=1S/C27H30N4O4/c1-6-35-25(33)22-14-23-24(32)31(21-12-18(3)11-19(4)13-21)27(5,16-30(23)29-22)26(34)28-15-20-9-7-17(2)8-10-20/h7-14H,6,15-16H2,1-5H3,(H,28,34). The van der Waals surface area contributed by atoms with Crippen LogP contribution in [0.4, 0.5) is 5.69 Å². The third-order valence-corrected chi connectivity index (χ3v) is 6.17. The lowest BCUT2D eigenvalue weighted by Gasteiger charge is -2.43. The van der Waals surface area contributed by atoms with Crippen LogP contribution in [0.5, 0.6) is 0 Å². The number of ether oxygens (including phenoxy) is 1. The number of carbonyl (C=O) groups is 3. The summed E-state index contributed by atoms with van der Waals surface area (Å²) in [7, 11) is 0. The second-order valence-electron chi connectivity index (χ2n) is 9.22. The lowest BCUT2D eigenvalue weighted by molar-refractivity contribution is -0.126. The third-order valence-electron chi connectivity index (χ3n) is 6.17. The molecule has 1 aliphatic heterocycles. The van der Waals surface area contributed by atoms with Gasteiger partial charge in [-0.3, -0.25) is 19.2 Å². The van der Waals surface area contributed by atoms with Crippen molar-refractivity contribution in [1.82, 2.24) is 15.1 Å². The van der Waals surface area contributed by atoms with E-state index in [1.165, 1.54) is 15.6 Å². The molecule has 2 amide bonds. The molecule has 3 aromatic rings. The highest BCUT2D eigenvalue weighted by molar-refractivity contribution is 6.12. The molecule has 0 saturated heterocycles. The van der Waals surface area contributed by atoms with Crippen molar-refractivity contribution in [3.05, 3.63) is 82.2 Å². The number of nitrogens with one attached hydrogen (secondary N) is 1. The minimum Gasteiger partial charge on any atom is -0.461 e. The van der Waals surface area contributed by atoms with Crippen LogP contribution < -0.4 is 10.2 Å². The molecule has 1 aromatic heterocycles. The zero-order valence-electron chi connectivity index (χ0n) is 20.7. The van der Waals surface area contributed by atoms with E-state index in [1.54, 1.807) is 13.8 Å². The maximum absolute atomic E-state index is 13.8. The van der Waals surface area contributed by atoms with Crippen LogP contribution in [-0.4, -0.2) is 39.7 Å². The van der Waals surface area contributed by atoms with E-state index in [0.29, 0.717) is 12.2 Å². The molecule has 2 aromatic carbocycles. The molecule has 8 heteroatoms. The fourth-order valence-corrected chi connectivity index (χ4v) is 4.45. The van der Waals surface area contributed by atoms with Crippen molar-refractivity contribution < 1.29 is 19.1 Å². The zero-order valence-corrected chi connectivity index (χ0v) is 20.7. The number of hydrogen-bond acceptors (Lipinski definition) is 5. The second-order valence-corrected chi connectivity index (χ2v) is 9.22. The van der Waals surface area contributed by atoms with Crippen LogP contribution in [0, 0.1) is 20.8 Å². The predicted octanol–water partition coefficient (Wildman–Crippen LogP) is 3.72. The van der Waals surface area contributed by atoms with Crippen LogP contribution in [0.2, 0.25) is 0 Å². The molecule has 0 saturated carbocycles. The van der Waals surface area contributed by atoms with Crippen LogP contribution in [0.25, 0.3) is 0 Å². The quantitative estimate of drug-likeness (QED) is 0.550. The van der Waals surface area contributed by atoms with Gasteiger partial charge in [-0.15, -0.1) is 0 Å². The molecule has 2 heterocycles. The van der Waals surface area contributed by atoms with Crippen LogP contribution in [0.3, 0.4) is 0 Å². The summed E-state index contributed by atoms with van der Waals surface area (Å²) < 4.78 is 6.49. The van der Waals surface area contributed by atoms with Crippen molar-refractivity contribution in [3.63, 3.8) is 0 Å². The Balaban J connectivity index is 1.74. The fourth-order valence-electron chi connectivity index (χ4n) is 4.45. The van der Waals surface area contributed by atoms with Gasteiger partial charge in [0.1, 0.15) is 11.2 Å². The van der Waals surface area contributed by atoms with Gasteiger partial charge in [-0.2, -0.15) is 5.10 Å². The van der Waals surface area contributed by atoms with E-state index in [4.69, 9.17) is 4.74 Å². The summed E-state index contributed by atoms with van der Waals surface area (Å²) in [4.78, 5) is 41.3. The number of fused-ring (bicyclic) bond motifs is 1. The maximum atomic E-state index is 13.8. The molecule has 1 N–H and O–H groups in total. The Morgan fingerprint density at radius 1 is 1.03 bits per heavy atom. The SMILES string of the molecule is CCOC(=O)c1cc2n(n1)CC(C)(C(=O)NCc1ccc(C)cc1)N(c1cc(C)cc(C)c1)C2=O. The summed E-state index contributed by atoms with van der Waals surface area (Å²) >= 11 is 0. The number of aromatic nitrogens is 2. The highest BCUT2D eigenvalue weighted by atomic mass is 16.5. The van der Waals surface area contributed by atoms with E-state index in [0.717, 1.165) is 22.3 Å². The molecule has 1 unspecified atom stereocenters. The minimum atomic E-state index is -1.28. The van der Waals surface area contributed by atoms with E-state index in [-0.39, 0.29) is 30.4 Å². The lowest BCUT2D eigenvalue weighted by atomic mass is 9.93. The summed E-state index contributed by atoms with van der Waals surface area (Å²) in [6.45, 7) is 9.93. The van der Waals surface area contributed by atoms with Crippen molar-refractivity contribution >= 4 is 23.5 Å². The van der Waals surface area contributed by atoms with E-state index in [2.05, 4.69) is 10.4 Å². The van der Waals surface area contributed by atoms with Crippen molar-refractivity contribution in [2.45, 2.75) is 53.2 Å².